The van der Waals surface area contributed by atoms with Crippen molar-refractivity contribution in [2.45, 2.75) is 18.9 Å². The summed E-state index contributed by atoms with van der Waals surface area (Å²) in [6, 6.07) is 7.62. The molecular weight excluding hydrogens is 358 g/mol. The first-order valence-corrected chi connectivity index (χ1v) is 8.44. The van der Waals surface area contributed by atoms with Crippen LogP contribution in [0.2, 0.25) is 0 Å². The van der Waals surface area contributed by atoms with Gasteiger partial charge in [-0.1, -0.05) is 5.21 Å². The number of methoxy groups -OCH3 is 1. The topological polar surface area (TPSA) is 90.3 Å². The van der Waals surface area contributed by atoms with E-state index >= 15 is 0 Å². The first-order valence-electron chi connectivity index (χ1n) is 8.44. The minimum atomic E-state index is -0.237. The number of piperidine rings is 1. The zero-order valence-corrected chi connectivity index (χ0v) is 15.5. The first-order chi connectivity index (χ1) is 12.3. The fourth-order valence-corrected chi connectivity index (χ4v) is 2.73. The lowest BCUT2D eigenvalue weighted by atomic mass is 10.1. The molecule has 0 unspecified atom stereocenters. The van der Waals surface area contributed by atoms with E-state index in [0.717, 1.165) is 37.4 Å². The Balaban J connectivity index is 0.00000243. The summed E-state index contributed by atoms with van der Waals surface area (Å²) in [6.45, 7) is 2.70. The SMILES string of the molecule is COc1ccc(OCCNC(=O)c2cn(C3CCNCC3)nn2)cc1.Cl. The van der Waals surface area contributed by atoms with Crippen molar-refractivity contribution in [3.05, 3.63) is 36.2 Å². The Bertz CT molecular complexity index is 686. The lowest BCUT2D eigenvalue weighted by molar-refractivity contribution is 0.0942. The monoisotopic (exact) mass is 381 g/mol. The van der Waals surface area contributed by atoms with Gasteiger partial charge >= 0.3 is 0 Å². The van der Waals surface area contributed by atoms with Gasteiger partial charge in [0.2, 0.25) is 0 Å². The predicted octanol–water partition coefficient (Wildman–Crippen LogP) is 1.44. The van der Waals surface area contributed by atoms with Gasteiger partial charge in [0, 0.05) is 0 Å². The summed E-state index contributed by atoms with van der Waals surface area (Å²) < 4.78 is 12.5. The summed E-state index contributed by atoms with van der Waals surface area (Å²) in [7, 11) is 1.62. The van der Waals surface area contributed by atoms with Gasteiger partial charge in [0.05, 0.1) is 25.9 Å². The first kappa shape index (κ1) is 20.0. The molecule has 26 heavy (non-hydrogen) atoms. The molecule has 1 aliphatic heterocycles. The maximum absolute atomic E-state index is 12.1. The van der Waals surface area contributed by atoms with Crippen molar-refractivity contribution in [3.63, 3.8) is 0 Å². The third-order valence-electron chi connectivity index (χ3n) is 4.14. The second kappa shape index (κ2) is 9.98. The molecule has 1 amide bonds. The average molecular weight is 382 g/mol. The van der Waals surface area contributed by atoms with Crippen LogP contribution in [0.15, 0.2) is 30.5 Å². The fourth-order valence-electron chi connectivity index (χ4n) is 2.73. The smallest absolute Gasteiger partial charge is 0.273 e. The number of carbonyl (C=O) groups is 1. The van der Waals surface area contributed by atoms with Crippen molar-refractivity contribution in [1.82, 2.24) is 25.6 Å². The summed E-state index contributed by atoms with van der Waals surface area (Å²) in [5, 5.41) is 14.2. The van der Waals surface area contributed by atoms with E-state index in [4.69, 9.17) is 9.47 Å². The molecule has 0 saturated carbocycles. The Labute approximate surface area is 158 Å². The number of nitrogens with zero attached hydrogens (tertiary/aromatic N) is 3. The zero-order chi connectivity index (χ0) is 17.5. The summed E-state index contributed by atoms with van der Waals surface area (Å²) in [6.07, 6.45) is 3.72. The molecule has 0 bridgehead atoms. The summed E-state index contributed by atoms with van der Waals surface area (Å²) in [5.74, 6) is 1.27. The summed E-state index contributed by atoms with van der Waals surface area (Å²) in [5.41, 5.74) is 0.336. The number of ether oxygens (including phenoxy) is 2. The lowest BCUT2D eigenvalue weighted by Gasteiger charge is -2.22. The van der Waals surface area contributed by atoms with Crippen LogP contribution in [0.25, 0.3) is 0 Å². The third kappa shape index (κ3) is 5.34. The highest BCUT2D eigenvalue weighted by molar-refractivity contribution is 5.91. The van der Waals surface area contributed by atoms with Crippen LogP contribution in [-0.4, -0.2) is 54.3 Å². The fraction of sp³-hybridized carbons (Fsp3) is 0.471. The number of halogens is 1. The lowest BCUT2D eigenvalue weighted by Crippen LogP contribution is -2.30. The van der Waals surface area contributed by atoms with E-state index in [0.29, 0.717) is 24.9 Å². The number of hydrogen-bond donors (Lipinski definition) is 2. The van der Waals surface area contributed by atoms with Crippen molar-refractivity contribution < 1.29 is 14.3 Å². The molecular formula is C17H24ClN5O3. The van der Waals surface area contributed by atoms with Crippen LogP contribution in [0.1, 0.15) is 29.4 Å². The van der Waals surface area contributed by atoms with Gasteiger partial charge in [-0.2, -0.15) is 0 Å². The molecule has 2 heterocycles. The highest BCUT2D eigenvalue weighted by atomic mass is 35.5. The largest absolute Gasteiger partial charge is 0.497 e. The molecule has 1 aliphatic rings. The van der Waals surface area contributed by atoms with Gasteiger partial charge in [-0.05, 0) is 50.2 Å². The van der Waals surface area contributed by atoms with E-state index in [-0.39, 0.29) is 18.3 Å². The number of benzene rings is 1. The normalized spacial score (nSPS) is 14.3. The van der Waals surface area contributed by atoms with Crippen LogP contribution in [0.4, 0.5) is 0 Å². The molecule has 0 atom stereocenters. The highest BCUT2D eigenvalue weighted by Crippen LogP contribution is 2.17. The van der Waals surface area contributed by atoms with E-state index in [1.807, 2.05) is 24.3 Å². The molecule has 0 spiro atoms. The van der Waals surface area contributed by atoms with E-state index in [2.05, 4.69) is 20.9 Å². The predicted molar refractivity (Wildman–Crippen MR) is 99.2 cm³/mol. The molecule has 0 aliphatic carbocycles. The number of rotatable bonds is 7. The molecule has 2 aromatic rings. The van der Waals surface area contributed by atoms with Crippen LogP contribution in [0.3, 0.4) is 0 Å². The standard InChI is InChI=1S/C17H23N5O3.ClH/c1-24-14-2-4-15(5-3-14)25-11-10-19-17(23)16-12-22(21-20-16)13-6-8-18-9-7-13;/h2-5,12-13,18H,6-11H2,1H3,(H,19,23);1H. The van der Waals surface area contributed by atoms with Crippen LogP contribution < -0.4 is 20.1 Å². The number of aromatic nitrogens is 3. The van der Waals surface area contributed by atoms with Gasteiger partial charge < -0.3 is 20.1 Å². The second-order valence-electron chi connectivity index (χ2n) is 5.84. The maximum Gasteiger partial charge on any atom is 0.273 e. The minimum Gasteiger partial charge on any atom is -0.497 e. The molecule has 142 valence electrons. The van der Waals surface area contributed by atoms with Crippen molar-refractivity contribution in [2.24, 2.45) is 0 Å². The molecule has 1 aromatic carbocycles. The van der Waals surface area contributed by atoms with Gasteiger partial charge in [-0.15, -0.1) is 17.5 Å². The molecule has 3 rings (SSSR count). The minimum absolute atomic E-state index is 0. The Morgan fingerprint density at radius 3 is 2.65 bits per heavy atom. The highest BCUT2D eigenvalue weighted by Gasteiger charge is 2.18. The number of carbonyl (C=O) groups excluding carboxylic acids is 1. The molecule has 9 heteroatoms. The van der Waals surface area contributed by atoms with Crippen LogP contribution in [-0.2, 0) is 0 Å². The number of nitrogens with one attached hydrogen (secondary N) is 2. The zero-order valence-electron chi connectivity index (χ0n) is 14.7. The third-order valence-corrected chi connectivity index (χ3v) is 4.14. The Hall–Kier alpha value is -2.32. The Kier molecular flexibility index (Phi) is 7.68. The van der Waals surface area contributed by atoms with Gasteiger partial charge in [-0.3, -0.25) is 4.79 Å². The quantitative estimate of drug-likeness (QED) is 0.705. The molecule has 1 aromatic heterocycles. The summed E-state index contributed by atoms with van der Waals surface area (Å²) >= 11 is 0. The van der Waals surface area contributed by atoms with Crippen LogP contribution in [0, 0.1) is 0 Å². The van der Waals surface area contributed by atoms with Gasteiger partial charge in [0.1, 0.15) is 18.1 Å². The van der Waals surface area contributed by atoms with Crippen molar-refractivity contribution in [1.29, 1.82) is 0 Å². The van der Waals surface area contributed by atoms with Crippen molar-refractivity contribution in [3.8, 4) is 11.5 Å². The molecule has 0 radical (unpaired) electrons. The molecule has 2 N–H and O–H groups in total. The van der Waals surface area contributed by atoms with E-state index in [9.17, 15) is 4.79 Å². The summed E-state index contributed by atoms with van der Waals surface area (Å²) in [4.78, 5) is 12.1. The van der Waals surface area contributed by atoms with Gasteiger partial charge in [-0.25, -0.2) is 4.68 Å². The number of amides is 1. The van der Waals surface area contributed by atoms with Gasteiger partial charge in [0.25, 0.3) is 5.91 Å². The number of hydrogen-bond acceptors (Lipinski definition) is 6. The molecule has 1 saturated heterocycles. The van der Waals surface area contributed by atoms with E-state index in [1.54, 1.807) is 18.0 Å². The average Bonchev–Trinajstić information content (AvgIpc) is 3.16. The van der Waals surface area contributed by atoms with E-state index < -0.39 is 0 Å². The van der Waals surface area contributed by atoms with Gasteiger partial charge in [0.15, 0.2) is 5.69 Å². The Morgan fingerprint density at radius 2 is 1.96 bits per heavy atom. The van der Waals surface area contributed by atoms with Crippen LogP contribution >= 0.6 is 12.4 Å². The second-order valence-corrected chi connectivity index (χ2v) is 5.84. The Morgan fingerprint density at radius 1 is 1.27 bits per heavy atom. The van der Waals surface area contributed by atoms with Crippen LogP contribution in [0.5, 0.6) is 11.5 Å². The maximum atomic E-state index is 12.1. The van der Waals surface area contributed by atoms with E-state index in [1.165, 1.54) is 0 Å². The van der Waals surface area contributed by atoms with Crippen molar-refractivity contribution in [2.75, 3.05) is 33.4 Å². The molecule has 8 nitrogen and oxygen atoms in total. The van der Waals surface area contributed by atoms with Crippen molar-refractivity contribution >= 4 is 18.3 Å². The molecule has 1 fully saturated rings.